The fraction of sp³-hybridized carbons (Fsp3) is 0.562. The number of carbonyl (C=O) groups is 1. The van der Waals surface area contributed by atoms with E-state index in [9.17, 15) is 4.79 Å². The van der Waals surface area contributed by atoms with Crippen molar-refractivity contribution in [3.05, 3.63) is 34.9 Å². The number of benzene rings is 1. The normalized spacial score (nSPS) is 16.0. The molecule has 1 aromatic carbocycles. The predicted molar refractivity (Wildman–Crippen MR) is 84.8 cm³/mol. The molecule has 1 heterocycles. The first-order valence-electron chi connectivity index (χ1n) is 7.57. The standard InChI is InChI=1S/C16H23ClN2O2/c1-2-21-16(20)19-11-9-18(10-12-19)8-4-6-14-5-3-7-15(17)13-14/h3,5,7,13H,2,4,6,8-12H2,1H3. The summed E-state index contributed by atoms with van der Waals surface area (Å²) in [7, 11) is 0. The lowest BCUT2D eigenvalue weighted by Crippen LogP contribution is -2.49. The molecule has 21 heavy (non-hydrogen) atoms. The zero-order valence-corrected chi connectivity index (χ0v) is 13.3. The smallest absolute Gasteiger partial charge is 0.409 e. The molecule has 1 aliphatic heterocycles. The number of piperazine rings is 1. The molecule has 1 saturated heterocycles. The molecule has 0 unspecified atom stereocenters. The number of carbonyl (C=O) groups excluding carboxylic acids is 1. The molecule has 5 heteroatoms. The lowest BCUT2D eigenvalue weighted by Gasteiger charge is -2.34. The lowest BCUT2D eigenvalue weighted by atomic mass is 10.1. The molecule has 0 aliphatic carbocycles. The van der Waals surface area contributed by atoms with Crippen LogP contribution >= 0.6 is 11.6 Å². The Morgan fingerprint density at radius 3 is 2.71 bits per heavy atom. The number of hydrogen-bond donors (Lipinski definition) is 0. The highest BCUT2D eigenvalue weighted by Crippen LogP contribution is 2.13. The van der Waals surface area contributed by atoms with Gasteiger partial charge in [0.05, 0.1) is 6.61 Å². The SMILES string of the molecule is CCOC(=O)N1CCN(CCCc2cccc(Cl)c2)CC1. The Balaban J connectivity index is 1.66. The number of halogens is 1. The minimum Gasteiger partial charge on any atom is -0.450 e. The Morgan fingerprint density at radius 1 is 1.29 bits per heavy atom. The summed E-state index contributed by atoms with van der Waals surface area (Å²) in [5.74, 6) is 0. The van der Waals surface area contributed by atoms with Crippen molar-refractivity contribution in [2.24, 2.45) is 0 Å². The molecule has 0 aromatic heterocycles. The Bertz CT molecular complexity index is 459. The van der Waals surface area contributed by atoms with E-state index in [4.69, 9.17) is 16.3 Å². The monoisotopic (exact) mass is 310 g/mol. The number of amides is 1. The molecule has 1 amide bonds. The topological polar surface area (TPSA) is 32.8 Å². The highest BCUT2D eigenvalue weighted by molar-refractivity contribution is 6.30. The van der Waals surface area contributed by atoms with E-state index < -0.39 is 0 Å². The predicted octanol–water partition coefficient (Wildman–Crippen LogP) is 3.05. The number of aryl methyl sites for hydroxylation is 1. The van der Waals surface area contributed by atoms with Crippen molar-refractivity contribution < 1.29 is 9.53 Å². The Hall–Kier alpha value is -1.26. The summed E-state index contributed by atoms with van der Waals surface area (Å²) >= 11 is 5.98. The van der Waals surface area contributed by atoms with Gasteiger partial charge in [-0.1, -0.05) is 23.7 Å². The molecule has 0 radical (unpaired) electrons. The summed E-state index contributed by atoms with van der Waals surface area (Å²) in [5.41, 5.74) is 1.28. The van der Waals surface area contributed by atoms with Crippen LogP contribution in [-0.2, 0) is 11.2 Å². The average Bonchev–Trinajstić information content (AvgIpc) is 2.48. The van der Waals surface area contributed by atoms with Crippen molar-refractivity contribution >= 4 is 17.7 Å². The van der Waals surface area contributed by atoms with Crippen LogP contribution in [0.4, 0.5) is 4.79 Å². The van der Waals surface area contributed by atoms with Gasteiger partial charge in [0.2, 0.25) is 0 Å². The van der Waals surface area contributed by atoms with Gasteiger partial charge in [-0.2, -0.15) is 0 Å². The summed E-state index contributed by atoms with van der Waals surface area (Å²) in [6.07, 6.45) is 1.97. The van der Waals surface area contributed by atoms with E-state index in [1.165, 1.54) is 5.56 Å². The molecule has 1 aromatic rings. The number of hydrogen-bond acceptors (Lipinski definition) is 3. The highest BCUT2D eigenvalue weighted by atomic mass is 35.5. The summed E-state index contributed by atoms with van der Waals surface area (Å²) in [6, 6.07) is 8.04. The van der Waals surface area contributed by atoms with E-state index in [0.29, 0.717) is 6.61 Å². The van der Waals surface area contributed by atoms with Crippen LogP contribution in [0.3, 0.4) is 0 Å². The number of ether oxygens (including phenoxy) is 1. The van der Waals surface area contributed by atoms with Gasteiger partial charge in [-0.15, -0.1) is 0 Å². The number of nitrogens with zero attached hydrogens (tertiary/aromatic N) is 2. The van der Waals surface area contributed by atoms with Gasteiger partial charge < -0.3 is 9.64 Å². The first kappa shape index (κ1) is 16.1. The molecule has 0 bridgehead atoms. The Morgan fingerprint density at radius 2 is 2.05 bits per heavy atom. The van der Waals surface area contributed by atoms with Crippen molar-refractivity contribution in [3.8, 4) is 0 Å². The molecule has 1 aliphatic rings. The van der Waals surface area contributed by atoms with Gasteiger partial charge in [-0.25, -0.2) is 4.79 Å². The third-order valence-electron chi connectivity index (χ3n) is 3.73. The Kier molecular flexibility index (Phi) is 6.33. The molecule has 0 atom stereocenters. The van der Waals surface area contributed by atoms with Crippen LogP contribution in [0.5, 0.6) is 0 Å². The van der Waals surface area contributed by atoms with E-state index in [-0.39, 0.29) is 6.09 Å². The molecule has 0 N–H and O–H groups in total. The van der Waals surface area contributed by atoms with E-state index in [0.717, 1.165) is 50.6 Å². The minimum atomic E-state index is -0.184. The van der Waals surface area contributed by atoms with Crippen LogP contribution in [0.25, 0.3) is 0 Å². The maximum atomic E-state index is 11.6. The quantitative estimate of drug-likeness (QED) is 0.838. The summed E-state index contributed by atoms with van der Waals surface area (Å²) in [4.78, 5) is 15.8. The van der Waals surface area contributed by atoms with Crippen LogP contribution in [0.2, 0.25) is 5.02 Å². The average molecular weight is 311 g/mol. The third kappa shape index (κ3) is 5.21. The molecule has 4 nitrogen and oxygen atoms in total. The van der Waals surface area contributed by atoms with Gasteiger partial charge in [0.25, 0.3) is 0 Å². The molecule has 116 valence electrons. The van der Waals surface area contributed by atoms with Gasteiger partial charge in [-0.3, -0.25) is 4.90 Å². The maximum Gasteiger partial charge on any atom is 0.409 e. The first-order chi connectivity index (χ1) is 10.2. The number of rotatable bonds is 5. The summed E-state index contributed by atoms with van der Waals surface area (Å²) in [6.45, 7) is 6.71. The van der Waals surface area contributed by atoms with Crippen LogP contribution in [-0.4, -0.2) is 55.2 Å². The van der Waals surface area contributed by atoms with Crippen LogP contribution in [0.15, 0.2) is 24.3 Å². The minimum absolute atomic E-state index is 0.184. The van der Waals surface area contributed by atoms with E-state index in [1.54, 1.807) is 4.90 Å². The fourth-order valence-electron chi connectivity index (χ4n) is 2.57. The molecular weight excluding hydrogens is 288 g/mol. The van der Waals surface area contributed by atoms with Gasteiger partial charge in [0.1, 0.15) is 0 Å². The fourth-order valence-corrected chi connectivity index (χ4v) is 2.78. The van der Waals surface area contributed by atoms with Crippen molar-refractivity contribution in [2.45, 2.75) is 19.8 Å². The second-order valence-electron chi connectivity index (χ2n) is 5.26. The van der Waals surface area contributed by atoms with Crippen LogP contribution < -0.4 is 0 Å². The first-order valence-corrected chi connectivity index (χ1v) is 7.95. The van der Waals surface area contributed by atoms with Gasteiger partial charge in [-0.05, 0) is 44.0 Å². The van der Waals surface area contributed by atoms with Crippen molar-refractivity contribution in [1.82, 2.24) is 9.80 Å². The molecule has 1 fully saturated rings. The van der Waals surface area contributed by atoms with Gasteiger partial charge in [0.15, 0.2) is 0 Å². The zero-order chi connectivity index (χ0) is 15.1. The lowest BCUT2D eigenvalue weighted by molar-refractivity contribution is 0.0794. The van der Waals surface area contributed by atoms with E-state index >= 15 is 0 Å². The largest absolute Gasteiger partial charge is 0.450 e. The van der Waals surface area contributed by atoms with Crippen molar-refractivity contribution in [3.63, 3.8) is 0 Å². The van der Waals surface area contributed by atoms with Crippen molar-refractivity contribution in [1.29, 1.82) is 0 Å². The third-order valence-corrected chi connectivity index (χ3v) is 3.96. The maximum absolute atomic E-state index is 11.6. The van der Waals surface area contributed by atoms with Crippen molar-refractivity contribution in [2.75, 3.05) is 39.3 Å². The van der Waals surface area contributed by atoms with Gasteiger partial charge >= 0.3 is 6.09 Å². The molecule has 2 rings (SSSR count). The van der Waals surface area contributed by atoms with E-state index in [1.807, 2.05) is 25.1 Å². The van der Waals surface area contributed by atoms with Crippen LogP contribution in [0.1, 0.15) is 18.9 Å². The second kappa shape index (κ2) is 8.25. The zero-order valence-electron chi connectivity index (χ0n) is 12.6. The molecule has 0 spiro atoms. The summed E-state index contributed by atoms with van der Waals surface area (Å²) < 4.78 is 5.02. The van der Waals surface area contributed by atoms with E-state index in [2.05, 4.69) is 11.0 Å². The van der Waals surface area contributed by atoms with Gasteiger partial charge in [0, 0.05) is 31.2 Å². The second-order valence-corrected chi connectivity index (χ2v) is 5.70. The van der Waals surface area contributed by atoms with Crippen LogP contribution in [0, 0.1) is 0 Å². The molecular formula is C16H23ClN2O2. The Labute approximate surface area is 131 Å². The summed E-state index contributed by atoms with van der Waals surface area (Å²) in [5, 5.41) is 0.801. The highest BCUT2D eigenvalue weighted by Gasteiger charge is 2.21. The molecule has 0 saturated carbocycles.